The zero-order chi connectivity index (χ0) is 21.8. The number of esters is 1. The van der Waals surface area contributed by atoms with E-state index in [1.54, 1.807) is 25.3 Å². The van der Waals surface area contributed by atoms with Gasteiger partial charge in [-0.15, -0.1) is 4.52 Å². The van der Waals surface area contributed by atoms with E-state index in [1.807, 2.05) is 0 Å². The Labute approximate surface area is 172 Å². The van der Waals surface area contributed by atoms with Crippen molar-refractivity contribution >= 4 is 31.3 Å². The van der Waals surface area contributed by atoms with Crippen molar-refractivity contribution in [2.75, 3.05) is 25.6 Å². The molecular formula is C16H23N5O8P+. The molecule has 1 aliphatic rings. The molecule has 0 aliphatic carbocycles. The van der Waals surface area contributed by atoms with E-state index in [9.17, 15) is 14.5 Å². The highest BCUT2D eigenvalue weighted by atomic mass is 31.1. The first-order chi connectivity index (χ1) is 14.3. The zero-order valence-corrected chi connectivity index (χ0v) is 17.5. The van der Waals surface area contributed by atoms with E-state index in [0.29, 0.717) is 17.8 Å². The van der Waals surface area contributed by atoms with Gasteiger partial charge >= 0.3 is 14.2 Å². The van der Waals surface area contributed by atoms with Gasteiger partial charge in [0, 0.05) is 10.5 Å². The van der Waals surface area contributed by atoms with Crippen LogP contribution in [0, 0.1) is 5.92 Å². The van der Waals surface area contributed by atoms with Crippen molar-refractivity contribution < 1.29 is 37.7 Å². The third kappa shape index (κ3) is 4.65. The number of carbonyl (C=O) groups excluding carboxylic acids is 1. The first kappa shape index (κ1) is 22.2. The maximum absolute atomic E-state index is 12.0. The summed E-state index contributed by atoms with van der Waals surface area (Å²) >= 11 is 0. The highest BCUT2D eigenvalue weighted by Gasteiger charge is 2.48. The summed E-state index contributed by atoms with van der Waals surface area (Å²) in [7, 11) is -2.73. The highest BCUT2D eigenvalue weighted by Crippen LogP contribution is 2.41. The van der Waals surface area contributed by atoms with Crippen LogP contribution in [0.1, 0.15) is 27.0 Å². The summed E-state index contributed by atoms with van der Waals surface area (Å²) in [5.74, 6) is -0.959. The SMILES string of the molecule is CCOC(=O)CO[P+](=O)OC1O[C@@H](n2cnc3c(OCC)nc(N)nc32)[C@@H](C)[C@@H]1O. The Kier molecular flexibility index (Phi) is 7.10. The van der Waals surface area contributed by atoms with Crippen LogP contribution in [0.2, 0.25) is 0 Å². The van der Waals surface area contributed by atoms with Gasteiger partial charge in [-0.25, -0.2) is 9.78 Å². The molecule has 30 heavy (non-hydrogen) atoms. The van der Waals surface area contributed by atoms with Gasteiger partial charge in [0.2, 0.25) is 24.7 Å². The maximum atomic E-state index is 12.0. The average molecular weight is 444 g/mol. The molecule has 3 N–H and O–H groups in total. The number of anilines is 1. The molecule has 0 bridgehead atoms. The van der Waals surface area contributed by atoms with Gasteiger partial charge in [0.1, 0.15) is 12.3 Å². The van der Waals surface area contributed by atoms with Crippen LogP contribution in [0.15, 0.2) is 6.33 Å². The monoisotopic (exact) mass is 444 g/mol. The van der Waals surface area contributed by atoms with E-state index in [4.69, 9.17) is 24.3 Å². The molecule has 13 nitrogen and oxygen atoms in total. The Hall–Kier alpha value is -2.44. The summed E-state index contributed by atoms with van der Waals surface area (Å²) in [6.07, 6.45) is -1.70. The molecule has 0 radical (unpaired) electrons. The summed E-state index contributed by atoms with van der Waals surface area (Å²) in [5.41, 5.74) is 6.49. The highest BCUT2D eigenvalue weighted by molar-refractivity contribution is 7.33. The van der Waals surface area contributed by atoms with Gasteiger partial charge in [0.25, 0.3) is 0 Å². The molecule has 2 aromatic rings. The number of aromatic nitrogens is 4. The fraction of sp³-hybridized carbons (Fsp3) is 0.625. The van der Waals surface area contributed by atoms with E-state index in [-0.39, 0.29) is 18.4 Å². The zero-order valence-electron chi connectivity index (χ0n) is 16.6. The number of nitrogens with two attached hydrogens (primary N) is 1. The van der Waals surface area contributed by atoms with E-state index in [0.717, 1.165) is 0 Å². The number of ether oxygens (including phenoxy) is 3. The van der Waals surface area contributed by atoms with Crippen molar-refractivity contribution in [3.63, 3.8) is 0 Å². The largest absolute Gasteiger partial charge is 0.700 e. The van der Waals surface area contributed by atoms with Crippen LogP contribution >= 0.6 is 8.25 Å². The standard InChI is InChI=1S/C16H23N5O8P/c1-4-25-9(22)6-27-30(24)29-15-11(23)8(3)14(28-15)21-7-18-10-12(21)19-16(17)20-13(10)26-5-2/h7-8,11,14-15,23H,4-6H2,1-3H3,(H2,17,19,20)/q+1/t8-,11-,14+,15?/m0/s1. The molecule has 1 saturated heterocycles. The summed E-state index contributed by atoms with van der Waals surface area (Å²) in [4.78, 5) is 23.7. The fourth-order valence-electron chi connectivity index (χ4n) is 2.92. The first-order valence-electron chi connectivity index (χ1n) is 9.24. The van der Waals surface area contributed by atoms with Gasteiger partial charge < -0.3 is 25.1 Å². The molecule has 0 spiro atoms. The van der Waals surface area contributed by atoms with Crippen molar-refractivity contribution in [1.82, 2.24) is 19.5 Å². The number of aliphatic hydroxyl groups excluding tert-OH is 1. The van der Waals surface area contributed by atoms with Crippen molar-refractivity contribution in [2.45, 2.75) is 39.4 Å². The molecule has 3 rings (SSSR count). The van der Waals surface area contributed by atoms with Crippen LogP contribution in [0.25, 0.3) is 11.2 Å². The summed E-state index contributed by atoms with van der Waals surface area (Å²) in [6.45, 7) is 5.13. The van der Waals surface area contributed by atoms with Gasteiger partial charge in [-0.1, -0.05) is 11.4 Å². The number of nitrogens with zero attached hydrogens (tertiary/aromatic N) is 4. The quantitative estimate of drug-likeness (QED) is 0.414. The molecule has 164 valence electrons. The average Bonchev–Trinajstić information content (AvgIpc) is 3.23. The van der Waals surface area contributed by atoms with E-state index < -0.39 is 45.4 Å². The smallest absolute Gasteiger partial charge is 0.476 e. The van der Waals surface area contributed by atoms with Crippen LogP contribution in [-0.4, -0.2) is 62.8 Å². The lowest BCUT2D eigenvalue weighted by atomic mass is 10.1. The lowest BCUT2D eigenvalue weighted by Gasteiger charge is -2.17. The molecule has 0 aromatic carbocycles. The van der Waals surface area contributed by atoms with Gasteiger partial charge in [0.15, 0.2) is 11.2 Å². The first-order valence-corrected chi connectivity index (χ1v) is 10.3. The number of fused-ring (bicyclic) bond motifs is 1. The number of carbonyl (C=O) groups is 1. The van der Waals surface area contributed by atoms with Crippen LogP contribution < -0.4 is 10.5 Å². The number of aliphatic hydroxyl groups is 1. The Morgan fingerprint density at radius 3 is 2.83 bits per heavy atom. The Bertz CT molecular complexity index is 924. The van der Waals surface area contributed by atoms with Crippen molar-refractivity contribution in [2.24, 2.45) is 5.92 Å². The molecular weight excluding hydrogens is 421 g/mol. The van der Waals surface area contributed by atoms with Crippen LogP contribution in [0.3, 0.4) is 0 Å². The van der Waals surface area contributed by atoms with E-state index >= 15 is 0 Å². The van der Waals surface area contributed by atoms with Crippen LogP contribution in [-0.2, 0) is 27.9 Å². The summed E-state index contributed by atoms with van der Waals surface area (Å²) < 4.78 is 39.3. The number of hydrogen-bond donors (Lipinski definition) is 2. The molecule has 5 atom stereocenters. The van der Waals surface area contributed by atoms with Gasteiger partial charge in [0.05, 0.1) is 19.5 Å². The van der Waals surface area contributed by atoms with Crippen LogP contribution in [0.4, 0.5) is 5.95 Å². The summed E-state index contributed by atoms with van der Waals surface area (Å²) in [6, 6.07) is 0. The normalized spacial score (nSPS) is 24.2. The molecule has 3 heterocycles. The molecule has 1 fully saturated rings. The minimum Gasteiger partial charge on any atom is -0.476 e. The molecule has 14 heteroatoms. The Morgan fingerprint density at radius 2 is 2.13 bits per heavy atom. The molecule has 0 amide bonds. The number of imidazole rings is 1. The second kappa shape index (κ2) is 9.58. The molecule has 2 unspecified atom stereocenters. The van der Waals surface area contributed by atoms with E-state index in [2.05, 4.69) is 19.7 Å². The lowest BCUT2D eigenvalue weighted by molar-refractivity contribution is -0.147. The van der Waals surface area contributed by atoms with Crippen LogP contribution in [0.5, 0.6) is 5.88 Å². The fourth-order valence-corrected chi connectivity index (χ4v) is 3.53. The third-order valence-electron chi connectivity index (χ3n) is 4.29. The Balaban J connectivity index is 1.74. The second-order valence-corrected chi connectivity index (χ2v) is 7.21. The molecule has 0 saturated carbocycles. The number of rotatable bonds is 9. The predicted octanol–water partition coefficient (Wildman–Crippen LogP) is 0.913. The van der Waals surface area contributed by atoms with E-state index in [1.165, 1.54) is 6.33 Å². The molecule has 2 aromatic heterocycles. The second-order valence-electron chi connectivity index (χ2n) is 6.30. The minimum absolute atomic E-state index is 0.0119. The minimum atomic E-state index is -2.73. The van der Waals surface area contributed by atoms with Gasteiger partial charge in [-0.3, -0.25) is 4.57 Å². The third-order valence-corrected chi connectivity index (χ3v) is 5.01. The van der Waals surface area contributed by atoms with Gasteiger partial charge in [-0.05, 0) is 13.8 Å². The Morgan fingerprint density at radius 1 is 1.37 bits per heavy atom. The maximum Gasteiger partial charge on any atom is 0.700 e. The number of hydrogen-bond acceptors (Lipinski definition) is 12. The van der Waals surface area contributed by atoms with Crippen molar-refractivity contribution in [3.8, 4) is 5.88 Å². The molecule has 1 aliphatic heterocycles. The van der Waals surface area contributed by atoms with Crippen molar-refractivity contribution in [1.29, 1.82) is 0 Å². The predicted molar refractivity (Wildman–Crippen MR) is 101 cm³/mol. The lowest BCUT2D eigenvalue weighted by Crippen LogP contribution is -2.26. The summed E-state index contributed by atoms with van der Waals surface area (Å²) in [5, 5.41) is 10.5. The van der Waals surface area contributed by atoms with Gasteiger partial charge in [-0.2, -0.15) is 9.97 Å². The topological polar surface area (TPSA) is 170 Å². The number of nitrogen functional groups attached to an aromatic ring is 1. The van der Waals surface area contributed by atoms with Crippen molar-refractivity contribution in [3.05, 3.63) is 6.33 Å².